The van der Waals surface area contributed by atoms with Crippen molar-refractivity contribution in [1.29, 1.82) is 0 Å². The van der Waals surface area contributed by atoms with Crippen molar-refractivity contribution < 1.29 is 9.72 Å². The first-order valence-corrected chi connectivity index (χ1v) is 4.71. The summed E-state index contributed by atoms with van der Waals surface area (Å²) in [5.41, 5.74) is 0.420. The second kappa shape index (κ2) is 4.70. The number of carbonyl (C=O) groups excluding carboxylic acids is 1. The maximum Gasteiger partial charge on any atom is 0.270 e. The Morgan fingerprint density at radius 1 is 1.60 bits per heavy atom. The lowest BCUT2D eigenvalue weighted by atomic mass is 10.3. The van der Waals surface area contributed by atoms with Crippen LogP contribution >= 0.6 is 15.9 Å². The first-order valence-electron chi connectivity index (χ1n) is 3.92. The summed E-state index contributed by atoms with van der Waals surface area (Å²) < 4.78 is 0.451. The number of nitro benzene ring substituents is 1. The SMILES string of the molecule is C=CC(=O)Nc1ccc([N+](=O)[O-])cc1Br. The van der Waals surface area contributed by atoms with Gasteiger partial charge in [0.1, 0.15) is 0 Å². The van der Waals surface area contributed by atoms with Crippen molar-refractivity contribution in [3.63, 3.8) is 0 Å². The van der Waals surface area contributed by atoms with Crippen LogP contribution in [-0.4, -0.2) is 10.8 Å². The highest BCUT2D eigenvalue weighted by Gasteiger charge is 2.09. The third-order valence-corrected chi connectivity index (χ3v) is 2.26. The highest BCUT2D eigenvalue weighted by molar-refractivity contribution is 9.10. The van der Waals surface area contributed by atoms with Gasteiger partial charge >= 0.3 is 0 Å². The summed E-state index contributed by atoms with van der Waals surface area (Å²) >= 11 is 3.12. The molecule has 5 nitrogen and oxygen atoms in total. The first-order chi connectivity index (χ1) is 7.04. The molecule has 0 fully saturated rings. The Morgan fingerprint density at radius 2 is 2.27 bits per heavy atom. The van der Waals surface area contributed by atoms with E-state index in [1.165, 1.54) is 18.2 Å². The molecule has 15 heavy (non-hydrogen) atoms. The van der Waals surface area contributed by atoms with Crippen LogP contribution in [0.1, 0.15) is 0 Å². The number of non-ortho nitro benzene ring substituents is 1. The Bertz CT molecular complexity index is 431. The van der Waals surface area contributed by atoms with E-state index in [0.717, 1.165) is 6.08 Å². The standard InChI is InChI=1S/C9H7BrN2O3/c1-2-9(13)11-8-4-3-6(12(14)15)5-7(8)10/h2-5H,1H2,(H,11,13). The van der Waals surface area contributed by atoms with Crippen LogP contribution in [0.5, 0.6) is 0 Å². The predicted molar refractivity (Wildman–Crippen MR) is 59.6 cm³/mol. The second-order valence-corrected chi connectivity index (χ2v) is 3.47. The van der Waals surface area contributed by atoms with E-state index in [-0.39, 0.29) is 11.6 Å². The lowest BCUT2D eigenvalue weighted by molar-refractivity contribution is -0.384. The number of carbonyl (C=O) groups is 1. The predicted octanol–water partition coefficient (Wildman–Crippen LogP) is 2.48. The molecule has 0 bridgehead atoms. The zero-order chi connectivity index (χ0) is 11.4. The molecule has 0 saturated carbocycles. The number of halogens is 1. The molecular weight excluding hydrogens is 264 g/mol. The highest BCUT2D eigenvalue weighted by Crippen LogP contribution is 2.26. The number of hydrogen-bond donors (Lipinski definition) is 1. The van der Waals surface area contributed by atoms with Gasteiger partial charge in [-0.1, -0.05) is 6.58 Å². The van der Waals surface area contributed by atoms with Gasteiger partial charge in [0.25, 0.3) is 5.69 Å². The van der Waals surface area contributed by atoms with Gasteiger partial charge in [-0.25, -0.2) is 0 Å². The zero-order valence-electron chi connectivity index (χ0n) is 7.57. The molecule has 1 N–H and O–H groups in total. The van der Waals surface area contributed by atoms with Crippen molar-refractivity contribution in [3.8, 4) is 0 Å². The Kier molecular flexibility index (Phi) is 3.56. The Labute approximate surface area is 94.1 Å². The van der Waals surface area contributed by atoms with Crippen molar-refractivity contribution in [2.75, 3.05) is 5.32 Å². The first kappa shape index (κ1) is 11.4. The van der Waals surface area contributed by atoms with E-state index in [0.29, 0.717) is 10.2 Å². The van der Waals surface area contributed by atoms with Gasteiger partial charge in [-0.3, -0.25) is 14.9 Å². The highest BCUT2D eigenvalue weighted by atomic mass is 79.9. The average molecular weight is 271 g/mol. The molecular formula is C9H7BrN2O3. The normalized spacial score (nSPS) is 9.40. The number of nitrogens with zero attached hydrogens (tertiary/aromatic N) is 1. The monoisotopic (exact) mass is 270 g/mol. The third kappa shape index (κ3) is 2.88. The lowest BCUT2D eigenvalue weighted by Crippen LogP contribution is -2.07. The number of benzene rings is 1. The van der Waals surface area contributed by atoms with E-state index >= 15 is 0 Å². The van der Waals surface area contributed by atoms with Crippen molar-refractivity contribution in [1.82, 2.24) is 0 Å². The van der Waals surface area contributed by atoms with Crippen LogP contribution in [0.25, 0.3) is 0 Å². The van der Waals surface area contributed by atoms with Crippen molar-refractivity contribution >= 4 is 33.2 Å². The Morgan fingerprint density at radius 3 is 2.73 bits per heavy atom. The molecule has 0 aliphatic heterocycles. The fourth-order valence-electron chi connectivity index (χ4n) is 0.903. The van der Waals surface area contributed by atoms with Gasteiger partial charge in [0.05, 0.1) is 10.6 Å². The summed E-state index contributed by atoms with van der Waals surface area (Å²) in [7, 11) is 0. The molecule has 0 heterocycles. The van der Waals surface area contributed by atoms with Crippen LogP contribution in [0.2, 0.25) is 0 Å². The second-order valence-electron chi connectivity index (χ2n) is 2.61. The Balaban J connectivity index is 2.98. The largest absolute Gasteiger partial charge is 0.321 e. The molecule has 1 amide bonds. The molecule has 78 valence electrons. The minimum absolute atomic E-state index is 0.0431. The number of amides is 1. The van der Waals surface area contributed by atoms with E-state index in [9.17, 15) is 14.9 Å². The van der Waals surface area contributed by atoms with E-state index in [2.05, 4.69) is 27.8 Å². The summed E-state index contributed by atoms with van der Waals surface area (Å²) in [4.78, 5) is 20.9. The third-order valence-electron chi connectivity index (χ3n) is 1.61. The number of hydrogen-bond acceptors (Lipinski definition) is 3. The van der Waals surface area contributed by atoms with Gasteiger partial charge in [-0.15, -0.1) is 0 Å². The van der Waals surface area contributed by atoms with Crippen LogP contribution in [0.15, 0.2) is 35.3 Å². The molecule has 0 radical (unpaired) electrons. The summed E-state index contributed by atoms with van der Waals surface area (Å²) in [5.74, 6) is -0.371. The average Bonchev–Trinajstić information content (AvgIpc) is 2.20. The maximum atomic E-state index is 11.0. The van der Waals surface area contributed by atoms with Crippen LogP contribution in [-0.2, 0) is 4.79 Å². The van der Waals surface area contributed by atoms with Crippen molar-refractivity contribution in [2.45, 2.75) is 0 Å². The summed E-state index contributed by atoms with van der Waals surface area (Å²) in [5, 5.41) is 12.9. The van der Waals surface area contributed by atoms with E-state index in [1.54, 1.807) is 0 Å². The van der Waals surface area contributed by atoms with Crippen LogP contribution in [0.3, 0.4) is 0 Å². The molecule has 0 saturated heterocycles. The van der Waals surface area contributed by atoms with Crippen LogP contribution in [0, 0.1) is 10.1 Å². The van der Waals surface area contributed by atoms with Crippen molar-refractivity contribution in [2.24, 2.45) is 0 Å². The molecule has 1 aromatic rings. The maximum absolute atomic E-state index is 11.0. The molecule has 0 atom stereocenters. The topological polar surface area (TPSA) is 72.2 Å². The zero-order valence-corrected chi connectivity index (χ0v) is 9.15. The number of rotatable bonds is 3. The van der Waals surface area contributed by atoms with Gasteiger partial charge in [-0.2, -0.15) is 0 Å². The van der Waals surface area contributed by atoms with Gasteiger partial charge in [0.15, 0.2) is 0 Å². The van der Waals surface area contributed by atoms with E-state index < -0.39 is 4.92 Å². The van der Waals surface area contributed by atoms with Crippen molar-refractivity contribution in [3.05, 3.63) is 45.4 Å². The van der Waals surface area contributed by atoms with E-state index in [4.69, 9.17) is 0 Å². The molecule has 0 aliphatic carbocycles. The summed E-state index contributed by atoms with van der Waals surface area (Å²) in [6.45, 7) is 3.30. The number of nitro groups is 1. The van der Waals surface area contributed by atoms with Crippen LogP contribution in [0.4, 0.5) is 11.4 Å². The quantitative estimate of drug-likeness (QED) is 0.521. The minimum Gasteiger partial charge on any atom is -0.321 e. The van der Waals surface area contributed by atoms with Gasteiger partial charge in [-0.05, 0) is 28.1 Å². The van der Waals surface area contributed by atoms with Gasteiger partial charge in [0.2, 0.25) is 5.91 Å². The smallest absolute Gasteiger partial charge is 0.270 e. The fourth-order valence-corrected chi connectivity index (χ4v) is 1.37. The molecule has 0 aromatic heterocycles. The molecule has 0 spiro atoms. The molecule has 0 unspecified atom stereocenters. The Hall–Kier alpha value is -1.69. The number of nitrogens with one attached hydrogen (secondary N) is 1. The lowest BCUT2D eigenvalue weighted by Gasteiger charge is -2.04. The van der Waals surface area contributed by atoms with E-state index in [1.807, 2.05) is 0 Å². The fraction of sp³-hybridized carbons (Fsp3) is 0. The molecule has 0 aliphatic rings. The van der Waals surface area contributed by atoms with Gasteiger partial charge in [0, 0.05) is 16.6 Å². The van der Waals surface area contributed by atoms with Gasteiger partial charge < -0.3 is 5.32 Å². The van der Waals surface area contributed by atoms with Crippen LogP contribution < -0.4 is 5.32 Å². The molecule has 1 aromatic carbocycles. The minimum atomic E-state index is -0.510. The molecule has 6 heteroatoms. The summed E-state index contributed by atoms with van der Waals surface area (Å²) in [6, 6.07) is 4.08. The molecule has 1 rings (SSSR count). The summed E-state index contributed by atoms with van der Waals surface area (Å²) in [6.07, 6.45) is 1.12. The number of anilines is 1.